The van der Waals surface area contributed by atoms with E-state index in [1.54, 1.807) is 18.2 Å². The molecule has 40 heavy (non-hydrogen) atoms. The number of carbonyl (C=O) groups is 3. The number of hydrogen-bond acceptors (Lipinski definition) is 11. The lowest BCUT2D eigenvalue weighted by Gasteiger charge is -2.12. The van der Waals surface area contributed by atoms with Crippen LogP contribution < -0.4 is 0 Å². The molecule has 2 N–H and O–H groups in total. The van der Waals surface area contributed by atoms with Crippen LogP contribution in [0.4, 0.5) is 0 Å². The van der Waals surface area contributed by atoms with E-state index in [2.05, 4.69) is 19.7 Å². The first-order valence-electron chi connectivity index (χ1n) is 12.2. The molecule has 0 saturated heterocycles. The van der Waals surface area contributed by atoms with Gasteiger partial charge in [-0.2, -0.15) is 0 Å². The summed E-state index contributed by atoms with van der Waals surface area (Å²) >= 11 is 0. The number of hydrogen-bond donors (Lipinski definition) is 2. The van der Waals surface area contributed by atoms with E-state index in [1.165, 1.54) is 25.1 Å². The van der Waals surface area contributed by atoms with Crippen molar-refractivity contribution in [3.8, 4) is 0 Å². The Bertz CT molecular complexity index is 1400. The molecule has 0 bridgehead atoms. The Balaban J connectivity index is 1.49. The molecule has 11 heteroatoms. The number of aliphatic hydroxyl groups excluding tert-OH is 2. The summed E-state index contributed by atoms with van der Waals surface area (Å²) in [7, 11) is 0. The summed E-state index contributed by atoms with van der Waals surface area (Å²) in [6, 6.07) is 9.15. The molecule has 0 fully saturated rings. The van der Waals surface area contributed by atoms with Crippen LogP contribution in [0.2, 0.25) is 0 Å². The van der Waals surface area contributed by atoms with Crippen LogP contribution in [-0.2, 0) is 54.8 Å². The molecule has 0 spiro atoms. The Hall–Kier alpha value is -4.61. The van der Waals surface area contributed by atoms with Crippen molar-refractivity contribution in [1.29, 1.82) is 0 Å². The summed E-state index contributed by atoms with van der Waals surface area (Å²) in [5.41, 5.74) is -0.404. The molecule has 0 aliphatic heterocycles. The Morgan fingerprint density at radius 2 is 1.05 bits per heavy atom. The van der Waals surface area contributed by atoms with Gasteiger partial charge in [0, 0.05) is 12.0 Å². The molecule has 3 heterocycles. The van der Waals surface area contributed by atoms with Crippen molar-refractivity contribution in [3.05, 3.63) is 107 Å². The molecule has 2 atom stereocenters. The molecule has 11 nitrogen and oxygen atoms in total. The lowest BCUT2D eigenvalue weighted by Crippen LogP contribution is -2.14. The molecule has 3 rings (SSSR count). The van der Waals surface area contributed by atoms with Gasteiger partial charge >= 0.3 is 17.9 Å². The van der Waals surface area contributed by atoms with Crippen molar-refractivity contribution in [2.75, 3.05) is 0 Å². The molecule has 212 valence electrons. The third-order valence-corrected chi connectivity index (χ3v) is 5.54. The predicted octanol–water partition coefficient (Wildman–Crippen LogP) is 4.31. The molecule has 0 saturated carbocycles. The summed E-state index contributed by atoms with van der Waals surface area (Å²) in [6.45, 7) is 13.5. The molecule has 0 amide bonds. The smallest absolute Gasteiger partial charge is 0.336 e. The standard InChI is InChI=1S/C29H30O11/c1-6-19-7-8-20(38-19)14-36-28(33)17(4)25(30)23-11-12-24(40-23)26(31)18(5)29(34)37-15-22-10-9-21(39-22)13-35-27(32)16(2)3/h7-12,25-26,30-31H,2,4-6,13-15H2,1,3H3. The van der Waals surface area contributed by atoms with Crippen molar-refractivity contribution in [3.63, 3.8) is 0 Å². The van der Waals surface area contributed by atoms with E-state index >= 15 is 0 Å². The second-order valence-electron chi connectivity index (χ2n) is 8.69. The van der Waals surface area contributed by atoms with Gasteiger partial charge in [0.2, 0.25) is 0 Å². The number of furan rings is 3. The summed E-state index contributed by atoms with van der Waals surface area (Å²) in [6.07, 6.45) is -2.48. The summed E-state index contributed by atoms with van der Waals surface area (Å²) in [4.78, 5) is 36.2. The van der Waals surface area contributed by atoms with Gasteiger partial charge in [0.1, 0.15) is 66.6 Å². The predicted molar refractivity (Wildman–Crippen MR) is 138 cm³/mol. The van der Waals surface area contributed by atoms with E-state index in [4.69, 9.17) is 27.5 Å². The van der Waals surface area contributed by atoms with Gasteiger partial charge in [-0.05, 0) is 43.3 Å². The maximum atomic E-state index is 12.4. The Kier molecular flexibility index (Phi) is 10.1. The molecule has 0 radical (unpaired) electrons. The fourth-order valence-electron chi connectivity index (χ4n) is 3.22. The number of carbonyl (C=O) groups excluding carboxylic acids is 3. The van der Waals surface area contributed by atoms with Crippen LogP contribution in [0, 0.1) is 0 Å². The zero-order valence-corrected chi connectivity index (χ0v) is 22.1. The third kappa shape index (κ3) is 7.71. The minimum atomic E-state index is -1.60. The summed E-state index contributed by atoms with van der Waals surface area (Å²) in [5.74, 6) is -0.828. The van der Waals surface area contributed by atoms with Gasteiger partial charge in [0.15, 0.2) is 0 Å². The number of aryl methyl sites for hydroxylation is 1. The molecular weight excluding hydrogens is 524 g/mol. The van der Waals surface area contributed by atoms with Crippen molar-refractivity contribution in [1.82, 2.24) is 0 Å². The van der Waals surface area contributed by atoms with Crippen LogP contribution in [0.25, 0.3) is 0 Å². The highest BCUT2D eigenvalue weighted by molar-refractivity contribution is 5.89. The first-order chi connectivity index (χ1) is 19.0. The van der Waals surface area contributed by atoms with E-state index in [9.17, 15) is 24.6 Å². The quantitative estimate of drug-likeness (QED) is 0.166. The van der Waals surface area contributed by atoms with E-state index in [-0.39, 0.29) is 53.8 Å². The van der Waals surface area contributed by atoms with Crippen molar-refractivity contribution >= 4 is 17.9 Å². The third-order valence-electron chi connectivity index (χ3n) is 5.54. The topological polar surface area (TPSA) is 159 Å². The lowest BCUT2D eigenvalue weighted by molar-refractivity contribution is -0.143. The van der Waals surface area contributed by atoms with E-state index in [1.807, 2.05) is 6.92 Å². The summed E-state index contributed by atoms with van der Waals surface area (Å²) in [5, 5.41) is 21.0. The van der Waals surface area contributed by atoms with Crippen LogP contribution in [0.1, 0.15) is 60.6 Å². The minimum absolute atomic E-state index is 0.112. The van der Waals surface area contributed by atoms with Gasteiger partial charge in [-0.3, -0.25) is 0 Å². The number of ether oxygens (including phenoxy) is 3. The average molecular weight is 555 g/mol. The highest BCUT2D eigenvalue weighted by atomic mass is 16.6. The molecule has 0 aliphatic rings. The average Bonchev–Trinajstić information content (AvgIpc) is 3.72. The largest absolute Gasteiger partial charge is 0.462 e. The van der Waals surface area contributed by atoms with Crippen molar-refractivity contribution in [2.24, 2.45) is 0 Å². The highest BCUT2D eigenvalue weighted by Crippen LogP contribution is 2.29. The Morgan fingerprint density at radius 3 is 1.43 bits per heavy atom. The van der Waals surface area contributed by atoms with Gasteiger partial charge in [-0.15, -0.1) is 0 Å². The van der Waals surface area contributed by atoms with Crippen LogP contribution in [0.15, 0.2) is 86.1 Å². The lowest BCUT2D eigenvalue weighted by atomic mass is 10.1. The second kappa shape index (κ2) is 13.5. The number of rotatable bonds is 14. The fraction of sp³-hybridized carbons (Fsp3) is 0.276. The Labute approximate surface area is 229 Å². The highest BCUT2D eigenvalue weighted by Gasteiger charge is 2.27. The maximum absolute atomic E-state index is 12.4. The summed E-state index contributed by atoms with van der Waals surface area (Å²) < 4.78 is 31.6. The van der Waals surface area contributed by atoms with Crippen LogP contribution >= 0.6 is 0 Å². The first kappa shape index (κ1) is 29.9. The molecule has 3 aromatic rings. The van der Waals surface area contributed by atoms with Crippen LogP contribution in [0.5, 0.6) is 0 Å². The van der Waals surface area contributed by atoms with Gasteiger partial charge < -0.3 is 37.7 Å². The van der Waals surface area contributed by atoms with Crippen molar-refractivity contribution < 1.29 is 52.1 Å². The molecule has 0 aromatic carbocycles. The SMILES string of the molecule is C=C(C)C(=O)OCc1ccc(COC(=O)C(=C)C(O)c2ccc(C(O)C(=C)C(=O)OCc3ccc(CC)o3)o2)o1. The zero-order valence-electron chi connectivity index (χ0n) is 22.1. The monoisotopic (exact) mass is 554 g/mol. The molecular formula is C29H30O11. The van der Waals surface area contributed by atoms with Gasteiger partial charge in [0.25, 0.3) is 0 Å². The van der Waals surface area contributed by atoms with E-state index in [0.717, 1.165) is 5.76 Å². The molecule has 3 aromatic heterocycles. The Morgan fingerprint density at radius 1 is 0.675 bits per heavy atom. The number of esters is 3. The van der Waals surface area contributed by atoms with Gasteiger partial charge in [0.05, 0.1) is 11.1 Å². The van der Waals surface area contributed by atoms with Gasteiger partial charge in [-0.1, -0.05) is 26.7 Å². The van der Waals surface area contributed by atoms with Crippen LogP contribution in [0.3, 0.4) is 0 Å². The number of aliphatic hydroxyl groups is 2. The molecule has 2 unspecified atom stereocenters. The maximum Gasteiger partial charge on any atom is 0.336 e. The van der Waals surface area contributed by atoms with Crippen LogP contribution in [-0.4, -0.2) is 28.1 Å². The van der Waals surface area contributed by atoms with E-state index in [0.29, 0.717) is 17.9 Å². The van der Waals surface area contributed by atoms with E-state index < -0.39 is 30.1 Å². The minimum Gasteiger partial charge on any atom is -0.462 e. The normalized spacial score (nSPS) is 12.3. The fourth-order valence-corrected chi connectivity index (χ4v) is 3.22. The second-order valence-corrected chi connectivity index (χ2v) is 8.69. The first-order valence-corrected chi connectivity index (χ1v) is 12.2. The molecule has 0 aliphatic carbocycles. The van der Waals surface area contributed by atoms with Gasteiger partial charge in [-0.25, -0.2) is 14.4 Å². The zero-order chi connectivity index (χ0) is 29.4. The van der Waals surface area contributed by atoms with Crippen molar-refractivity contribution in [2.45, 2.75) is 52.3 Å².